The fraction of sp³-hybridized carbons (Fsp3) is 0.167. The summed E-state index contributed by atoms with van der Waals surface area (Å²) in [6.45, 7) is 0.367. The van der Waals surface area contributed by atoms with Crippen molar-refractivity contribution in [3.63, 3.8) is 0 Å². The molecule has 0 aliphatic carbocycles. The maximum absolute atomic E-state index is 13.7. The third kappa shape index (κ3) is 4.20. The van der Waals surface area contributed by atoms with E-state index in [4.69, 9.17) is 0 Å². The minimum absolute atomic E-state index is 0.122. The first-order valence-electron chi connectivity index (χ1n) is 7.80. The smallest absolute Gasteiger partial charge is 0.241 e. The first kappa shape index (κ1) is 16.6. The van der Waals surface area contributed by atoms with E-state index >= 15 is 0 Å². The van der Waals surface area contributed by atoms with Crippen molar-refractivity contribution in [3.05, 3.63) is 72.6 Å². The molecule has 1 amide bonds. The van der Waals surface area contributed by atoms with Gasteiger partial charge in [0.25, 0.3) is 0 Å². The van der Waals surface area contributed by atoms with Gasteiger partial charge in [-0.15, -0.1) is 0 Å². The zero-order chi connectivity index (χ0) is 17.6. The number of benzene rings is 2. The molecule has 2 aromatic carbocycles. The summed E-state index contributed by atoms with van der Waals surface area (Å²) < 4.78 is 15.3. The van der Waals surface area contributed by atoms with Crippen LogP contribution >= 0.6 is 0 Å². The van der Waals surface area contributed by atoms with E-state index in [1.54, 1.807) is 36.3 Å². The molecule has 1 aromatic heterocycles. The highest BCUT2D eigenvalue weighted by Crippen LogP contribution is 2.13. The van der Waals surface area contributed by atoms with E-state index in [0.29, 0.717) is 5.56 Å². The van der Waals surface area contributed by atoms with Gasteiger partial charge < -0.3 is 10.2 Å². The molecule has 3 aromatic rings. The van der Waals surface area contributed by atoms with Crippen LogP contribution in [0.5, 0.6) is 0 Å². The number of hydrogen-bond donors (Lipinski definition) is 1. The standard InChI is InChI=1S/C18H18FN5O/c1-23(11-14-4-2-3-5-17(14)19)18(25)10-21-15-6-8-16(9-7-15)24-13-20-12-22-24/h2-9,12-13,21H,10-11H2,1H3. The highest BCUT2D eigenvalue weighted by Gasteiger charge is 2.11. The van der Waals surface area contributed by atoms with Gasteiger partial charge in [-0.05, 0) is 30.3 Å². The first-order chi connectivity index (χ1) is 12.1. The van der Waals surface area contributed by atoms with Gasteiger partial charge in [0.2, 0.25) is 5.91 Å². The summed E-state index contributed by atoms with van der Waals surface area (Å²) in [5.41, 5.74) is 2.19. The van der Waals surface area contributed by atoms with E-state index in [1.807, 2.05) is 24.3 Å². The van der Waals surface area contributed by atoms with Crippen molar-refractivity contribution in [2.45, 2.75) is 6.54 Å². The van der Waals surface area contributed by atoms with Crippen LogP contribution in [-0.2, 0) is 11.3 Å². The van der Waals surface area contributed by atoms with Crippen LogP contribution < -0.4 is 5.32 Å². The highest BCUT2D eigenvalue weighted by molar-refractivity contribution is 5.80. The van der Waals surface area contributed by atoms with E-state index < -0.39 is 0 Å². The van der Waals surface area contributed by atoms with Crippen LogP contribution in [0.4, 0.5) is 10.1 Å². The monoisotopic (exact) mass is 339 g/mol. The highest BCUT2D eigenvalue weighted by atomic mass is 19.1. The second-order valence-corrected chi connectivity index (χ2v) is 5.58. The lowest BCUT2D eigenvalue weighted by Gasteiger charge is -2.18. The quantitative estimate of drug-likeness (QED) is 0.749. The van der Waals surface area contributed by atoms with Gasteiger partial charge in [-0.1, -0.05) is 18.2 Å². The molecule has 1 heterocycles. The molecule has 0 aliphatic heterocycles. The van der Waals surface area contributed by atoms with Gasteiger partial charge in [-0.3, -0.25) is 4.79 Å². The summed E-state index contributed by atoms with van der Waals surface area (Å²) in [6.07, 6.45) is 3.08. The molecule has 0 fully saturated rings. The van der Waals surface area contributed by atoms with Crippen molar-refractivity contribution in [1.82, 2.24) is 19.7 Å². The molecule has 1 N–H and O–H groups in total. The number of aromatic nitrogens is 3. The molecule has 6 nitrogen and oxygen atoms in total. The summed E-state index contributed by atoms with van der Waals surface area (Å²) in [7, 11) is 1.66. The number of carbonyl (C=O) groups is 1. The molecule has 25 heavy (non-hydrogen) atoms. The third-order valence-corrected chi connectivity index (χ3v) is 3.79. The molecule has 128 valence electrons. The Morgan fingerprint density at radius 1 is 1.20 bits per heavy atom. The van der Waals surface area contributed by atoms with E-state index in [-0.39, 0.29) is 24.8 Å². The molecule has 0 unspecified atom stereocenters. The first-order valence-corrected chi connectivity index (χ1v) is 7.80. The molecule has 0 aliphatic rings. The van der Waals surface area contributed by atoms with Crippen LogP contribution in [0, 0.1) is 5.82 Å². The summed E-state index contributed by atoms with van der Waals surface area (Å²) in [5.74, 6) is -0.428. The van der Waals surface area contributed by atoms with Gasteiger partial charge in [0.15, 0.2) is 0 Å². The molecule has 0 saturated carbocycles. The molecular weight excluding hydrogens is 321 g/mol. The zero-order valence-electron chi connectivity index (χ0n) is 13.8. The number of nitrogens with one attached hydrogen (secondary N) is 1. The Bertz CT molecular complexity index is 833. The number of halogens is 1. The largest absolute Gasteiger partial charge is 0.376 e. The fourth-order valence-corrected chi connectivity index (χ4v) is 2.36. The van der Waals surface area contributed by atoms with Crippen LogP contribution in [0.1, 0.15) is 5.56 Å². The lowest BCUT2D eigenvalue weighted by Crippen LogP contribution is -2.32. The lowest BCUT2D eigenvalue weighted by atomic mass is 10.2. The van der Waals surface area contributed by atoms with Gasteiger partial charge in [0, 0.05) is 24.8 Å². The molecular formula is C18H18FN5O. The average molecular weight is 339 g/mol. The number of amides is 1. The Balaban J connectivity index is 1.54. The van der Waals surface area contributed by atoms with Crippen LogP contribution in [0.15, 0.2) is 61.2 Å². The van der Waals surface area contributed by atoms with Gasteiger partial charge in [0.1, 0.15) is 18.5 Å². The Labute approximate surface area is 144 Å². The van der Waals surface area contributed by atoms with Gasteiger partial charge >= 0.3 is 0 Å². The van der Waals surface area contributed by atoms with Crippen molar-refractivity contribution >= 4 is 11.6 Å². The van der Waals surface area contributed by atoms with Crippen LogP contribution in [0.25, 0.3) is 5.69 Å². The minimum Gasteiger partial charge on any atom is -0.376 e. The number of carbonyl (C=O) groups excluding carboxylic acids is 1. The summed E-state index contributed by atoms with van der Waals surface area (Å²) in [6, 6.07) is 13.9. The number of nitrogens with zero attached hydrogens (tertiary/aromatic N) is 4. The summed E-state index contributed by atoms with van der Waals surface area (Å²) in [5, 5.41) is 7.12. The second kappa shape index (κ2) is 7.57. The van der Waals surface area contributed by atoms with Crippen LogP contribution in [0.3, 0.4) is 0 Å². The summed E-state index contributed by atoms with van der Waals surface area (Å²) in [4.78, 5) is 17.6. The molecule has 0 bridgehead atoms. The van der Waals surface area contributed by atoms with Gasteiger partial charge in [-0.2, -0.15) is 5.10 Å². The predicted molar refractivity (Wildman–Crippen MR) is 92.7 cm³/mol. The van der Waals surface area contributed by atoms with Crippen molar-refractivity contribution in [1.29, 1.82) is 0 Å². The van der Waals surface area contributed by atoms with E-state index in [9.17, 15) is 9.18 Å². The van der Waals surface area contributed by atoms with Crippen molar-refractivity contribution in [2.24, 2.45) is 0 Å². The third-order valence-electron chi connectivity index (χ3n) is 3.79. The topological polar surface area (TPSA) is 63.1 Å². The molecule has 0 spiro atoms. The minimum atomic E-state index is -0.307. The molecule has 0 saturated heterocycles. The zero-order valence-corrected chi connectivity index (χ0v) is 13.8. The maximum atomic E-state index is 13.7. The Hall–Kier alpha value is -3.22. The molecule has 0 radical (unpaired) electrons. The molecule has 7 heteroatoms. The average Bonchev–Trinajstić information content (AvgIpc) is 3.16. The van der Waals surface area contributed by atoms with Gasteiger partial charge in [0.05, 0.1) is 12.2 Å². The van der Waals surface area contributed by atoms with Crippen molar-refractivity contribution in [3.8, 4) is 5.69 Å². The van der Waals surface area contributed by atoms with Crippen LogP contribution in [-0.4, -0.2) is 39.2 Å². The van der Waals surface area contributed by atoms with E-state index in [2.05, 4.69) is 15.4 Å². The van der Waals surface area contributed by atoms with Crippen LogP contribution in [0.2, 0.25) is 0 Å². The number of anilines is 1. The van der Waals surface area contributed by atoms with E-state index in [1.165, 1.54) is 17.3 Å². The second-order valence-electron chi connectivity index (χ2n) is 5.58. The Kier molecular flexibility index (Phi) is 5.03. The van der Waals surface area contributed by atoms with Gasteiger partial charge in [-0.25, -0.2) is 14.1 Å². The van der Waals surface area contributed by atoms with Crippen molar-refractivity contribution in [2.75, 3.05) is 18.9 Å². The molecule has 3 rings (SSSR count). The fourth-order valence-electron chi connectivity index (χ4n) is 2.36. The number of rotatable bonds is 6. The van der Waals surface area contributed by atoms with Crippen molar-refractivity contribution < 1.29 is 9.18 Å². The molecule has 0 atom stereocenters. The Morgan fingerprint density at radius 3 is 2.64 bits per heavy atom. The SMILES string of the molecule is CN(Cc1ccccc1F)C(=O)CNc1ccc(-n2cncn2)cc1. The maximum Gasteiger partial charge on any atom is 0.241 e. The number of hydrogen-bond acceptors (Lipinski definition) is 4. The van der Waals surface area contributed by atoms with E-state index in [0.717, 1.165) is 11.4 Å². The number of likely N-dealkylation sites (N-methyl/N-ethyl adjacent to an activating group) is 1. The Morgan fingerprint density at radius 2 is 1.96 bits per heavy atom. The predicted octanol–water partition coefficient (Wildman–Crippen LogP) is 2.48. The summed E-state index contributed by atoms with van der Waals surface area (Å²) >= 11 is 0. The normalized spacial score (nSPS) is 10.5. The lowest BCUT2D eigenvalue weighted by molar-refractivity contribution is -0.128.